The molecule has 0 saturated carbocycles. The zero-order valence-corrected chi connectivity index (χ0v) is 11.6. The fourth-order valence-electron chi connectivity index (χ4n) is 1.33. The molecule has 96 valence electrons. The van der Waals surface area contributed by atoms with Gasteiger partial charge in [-0.1, -0.05) is 11.4 Å². The average molecular weight is 283 g/mol. The first kappa shape index (κ1) is 12.9. The molecule has 2 amide bonds. The molecular weight excluding hydrogens is 270 g/mol. The summed E-state index contributed by atoms with van der Waals surface area (Å²) in [6.07, 6.45) is 2.42. The van der Waals surface area contributed by atoms with Crippen molar-refractivity contribution in [1.29, 1.82) is 0 Å². The topological polar surface area (TPSA) is 79.8 Å². The van der Waals surface area contributed by atoms with Crippen LogP contribution in [0.25, 0.3) is 0 Å². The zero-order chi connectivity index (χ0) is 13.0. The Morgan fingerprint density at radius 1 is 1.56 bits per heavy atom. The maximum Gasteiger partial charge on any atom is 0.320 e. The molecule has 2 heterocycles. The van der Waals surface area contributed by atoms with Crippen molar-refractivity contribution >= 4 is 33.9 Å². The van der Waals surface area contributed by atoms with Crippen LogP contribution in [0.5, 0.6) is 0 Å². The predicted molar refractivity (Wildman–Crippen MR) is 72.0 cm³/mol. The van der Waals surface area contributed by atoms with E-state index in [-0.39, 0.29) is 12.1 Å². The van der Waals surface area contributed by atoms with E-state index < -0.39 is 0 Å². The zero-order valence-electron chi connectivity index (χ0n) is 10.0. The van der Waals surface area contributed by atoms with Gasteiger partial charge in [0, 0.05) is 16.9 Å². The Labute approximate surface area is 113 Å². The molecule has 2 aromatic heterocycles. The number of amides is 2. The second kappa shape index (κ2) is 5.87. The van der Waals surface area contributed by atoms with Crippen molar-refractivity contribution in [2.75, 3.05) is 5.32 Å². The van der Waals surface area contributed by atoms with E-state index in [0.29, 0.717) is 5.00 Å². The third-order valence-corrected chi connectivity index (χ3v) is 3.85. The Balaban J connectivity index is 1.90. The van der Waals surface area contributed by atoms with Gasteiger partial charge in [0.1, 0.15) is 5.00 Å². The summed E-state index contributed by atoms with van der Waals surface area (Å²) in [5, 5.41) is 12.8. The van der Waals surface area contributed by atoms with Gasteiger partial charge >= 0.3 is 6.03 Å². The number of anilines is 1. The molecule has 2 rings (SSSR count). The molecule has 0 saturated heterocycles. The molecule has 6 nitrogen and oxygen atoms in total. The third-order valence-electron chi connectivity index (χ3n) is 2.26. The van der Waals surface area contributed by atoms with Gasteiger partial charge in [0.25, 0.3) is 0 Å². The number of hydrogen-bond donors (Lipinski definition) is 2. The summed E-state index contributed by atoms with van der Waals surface area (Å²) in [6.45, 7) is 3.96. The van der Waals surface area contributed by atoms with Gasteiger partial charge in [-0.25, -0.2) is 9.78 Å². The summed E-state index contributed by atoms with van der Waals surface area (Å²) >= 11 is 2.74. The summed E-state index contributed by atoms with van der Waals surface area (Å²) in [5.41, 5.74) is 0.884. The van der Waals surface area contributed by atoms with Crippen LogP contribution >= 0.6 is 22.9 Å². The van der Waals surface area contributed by atoms with E-state index in [4.69, 9.17) is 0 Å². The van der Waals surface area contributed by atoms with Gasteiger partial charge in [0.05, 0.1) is 22.9 Å². The SMILES string of the molecule is CCc1nc(C(C)NC(=O)Nc2cnns2)cs1. The molecule has 0 aliphatic heterocycles. The fourth-order valence-corrected chi connectivity index (χ4v) is 2.58. The summed E-state index contributed by atoms with van der Waals surface area (Å²) in [5.74, 6) is 0. The van der Waals surface area contributed by atoms with Crippen LogP contribution in [0.3, 0.4) is 0 Å². The summed E-state index contributed by atoms with van der Waals surface area (Å²) in [4.78, 5) is 16.1. The van der Waals surface area contributed by atoms with Gasteiger partial charge < -0.3 is 5.32 Å². The second-order valence-electron chi connectivity index (χ2n) is 3.62. The maximum absolute atomic E-state index is 11.7. The molecule has 0 spiro atoms. The number of carbonyl (C=O) groups is 1. The molecule has 0 bridgehead atoms. The standard InChI is InChI=1S/C10H13N5OS2/c1-3-8-13-7(5-17-8)6(2)12-10(16)14-9-4-11-15-18-9/h4-6H,3H2,1-2H3,(H2,12,14,16). The Morgan fingerprint density at radius 2 is 2.39 bits per heavy atom. The van der Waals surface area contributed by atoms with Crippen molar-refractivity contribution in [3.05, 3.63) is 22.3 Å². The number of rotatable bonds is 4. The summed E-state index contributed by atoms with van der Waals surface area (Å²) in [6, 6.07) is -0.401. The van der Waals surface area contributed by atoms with E-state index in [9.17, 15) is 4.79 Å². The monoisotopic (exact) mass is 283 g/mol. The third kappa shape index (κ3) is 3.23. The lowest BCUT2D eigenvalue weighted by atomic mass is 10.3. The number of urea groups is 1. The van der Waals surface area contributed by atoms with Crippen molar-refractivity contribution in [2.24, 2.45) is 0 Å². The van der Waals surface area contributed by atoms with Crippen LogP contribution in [0.2, 0.25) is 0 Å². The van der Waals surface area contributed by atoms with Crippen molar-refractivity contribution in [1.82, 2.24) is 19.9 Å². The lowest BCUT2D eigenvalue weighted by Crippen LogP contribution is -2.31. The van der Waals surface area contributed by atoms with Crippen LogP contribution in [0, 0.1) is 0 Å². The van der Waals surface area contributed by atoms with Gasteiger partial charge in [0.15, 0.2) is 0 Å². The highest BCUT2D eigenvalue weighted by Gasteiger charge is 2.13. The molecular formula is C10H13N5OS2. The minimum atomic E-state index is -0.278. The van der Waals surface area contributed by atoms with E-state index in [2.05, 4.69) is 32.1 Å². The molecule has 18 heavy (non-hydrogen) atoms. The minimum Gasteiger partial charge on any atom is -0.330 e. The number of thiazole rings is 1. The van der Waals surface area contributed by atoms with Crippen molar-refractivity contribution in [3.8, 4) is 0 Å². The normalized spacial score (nSPS) is 12.1. The van der Waals surface area contributed by atoms with Gasteiger partial charge in [-0.05, 0) is 13.3 Å². The van der Waals surface area contributed by atoms with Crippen LogP contribution in [0.4, 0.5) is 9.80 Å². The van der Waals surface area contributed by atoms with E-state index >= 15 is 0 Å². The Kier molecular flexibility index (Phi) is 4.21. The van der Waals surface area contributed by atoms with E-state index in [0.717, 1.165) is 28.7 Å². The van der Waals surface area contributed by atoms with E-state index in [1.165, 1.54) is 6.20 Å². The largest absolute Gasteiger partial charge is 0.330 e. The molecule has 2 aromatic rings. The first-order valence-corrected chi connectivity index (χ1v) is 7.13. The molecule has 0 aliphatic carbocycles. The maximum atomic E-state index is 11.7. The first-order chi connectivity index (χ1) is 8.69. The highest BCUT2D eigenvalue weighted by molar-refractivity contribution is 7.10. The molecule has 1 atom stereocenters. The van der Waals surface area contributed by atoms with E-state index in [1.54, 1.807) is 11.3 Å². The lowest BCUT2D eigenvalue weighted by molar-refractivity contribution is 0.249. The molecule has 0 aliphatic rings. The molecule has 0 radical (unpaired) electrons. The van der Waals surface area contributed by atoms with Gasteiger partial charge in [-0.15, -0.1) is 16.4 Å². The molecule has 0 fully saturated rings. The number of nitrogens with zero attached hydrogens (tertiary/aromatic N) is 3. The molecule has 2 N–H and O–H groups in total. The van der Waals surface area contributed by atoms with E-state index in [1.807, 2.05) is 12.3 Å². The summed E-state index contributed by atoms with van der Waals surface area (Å²) < 4.78 is 3.67. The smallest absolute Gasteiger partial charge is 0.320 e. The van der Waals surface area contributed by atoms with Crippen LogP contribution < -0.4 is 10.6 Å². The number of hydrogen-bond acceptors (Lipinski definition) is 6. The van der Waals surface area contributed by atoms with Crippen LogP contribution in [-0.4, -0.2) is 20.6 Å². The molecule has 8 heteroatoms. The molecule has 0 aromatic carbocycles. The number of carbonyl (C=O) groups excluding carboxylic acids is 1. The number of nitrogens with one attached hydrogen (secondary N) is 2. The Hall–Kier alpha value is -1.54. The quantitative estimate of drug-likeness (QED) is 0.903. The van der Waals surface area contributed by atoms with Crippen molar-refractivity contribution in [2.45, 2.75) is 26.3 Å². The van der Waals surface area contributed by atoms with Crippen LogP contribution in [0.1, 0.15) is 30.6 Å². The first-order valence-electron chi connectivity index (χ1n) is 5.48. The van der Waals surface area contributed by atoms with Gasteiger partial charge in [-0.2, -0.15) is 0 Å². The number of aryl methyl sites for hydroxylation is 1. The highest BCUT2D eigenvalue weighted by Crippen LogP contribution is 2.17. The predicted octanol–water partition coefficient (Wildman–Crippen LogP) is 2.44. The van der Waals surface area contributed by atoms with Crippen molar-refractivity contribution < 1.29 is 4.79 Å². The Morgan fingerprint density at radius 3 is 3.00 bits per heavy atom. The van der Waals surface area contributed by atoms with Crippen molar-refractivity contribution in [3.63, 3.8) is 0 Å². The lowest BCUT2D eigenvalue weighted by Gasteiger charge is -2.11. The number of aromatic nitrogens is 3. The minimum absolute atomic E-state index is 0.123. The van der Waals surface area contributed by atoms with Gasteiger partial charge in [-0.3, -0.25) is 5.32 Å². The molecule has 1 unspecified atom stereocenters. The summed E-state index contributed by atoms with van der Waals surface area (Å²) in [7, 11) is 0. The average Bonchev–Trinajstić information content (AvgIpc) is 2.98. The second-order valence-corrected chi connectivity index (χ2v) is 5.35. The van der Waals surface area contributed by atoms with Gasteiger partial charge in [0.2, 0.25) is 0 Å². The Bertz CT molecular complexity index is 510. The highest BCUT2D eigenvalue weighted by atomic mass is 32.1. The fraction of sp³-hybridized carbons (Fsp3) is 0.400. The van der Waals surface area contributed by atoms with Crippen LogP contribution in [0.15, 0.2) is 11.6 Å². The van der Waals surface area contributed by atoms with Crippen LogP contribution in [-0.2, 0) is 6.42 Å².